The van der Waals surface area contributed by atoms with Crippen LogP contribution in [0.4, 0.5) is 4.79 Å². The second-order valence-electron chi connectivity index (χ2n) is 29.1. The van der Waals surface area contributed by atoms with Gasteiger partial charge in [0.2, 0.25) is 23.6 Å². The Morgan fingerprint density at radius 3 is 1.36 bits per heavy atom. The number of Topliss-reactive ketones (excluding diaryl/α,β-unsaturated/α-hetero) is 1. The second kappa shape index (κ2) is 37.1. The third-order valence-corrected chi connectivity index (χ3v) is 24.2. The second-order valence-corrected chi connectivity index (χ2v) is 31.7. The minimum absolute atomic E-state index is 0.0127. The third kappa shape index (κ3) is 20.1. The summed E-state index contributed by atoms with van der Waals surface area (Å²) in [4.78, 5) is 78.7. The highest BCUT2D eigenvalue weighted by Crippen LogP contribution is 2.42. The summed E-state index contributed by atoms with van der Waals surface area (Å²) in [6.07, 6.45) is 9.45. The van der Waals surface area contributed by atoms with Crippen LogP contribution < -0.4 is 54.4 Å². The molecule has 6 aromatic rings. The fraction of sp³-hybridized carbons (Fsp3) is 0.506. The van der Waals surface area contributed by atoms with E-state index in [1.54, 1.807) is 0 Å². The third-order valence-electron chi connectivity index (χ3n) is 21.1. The number of nitrogens with one attached hydrogen (secondary N) is 4. The number of urea groups is 1. The van der Waals surface area contributed by atoms with Gasteiger partial charge in [-0.1, -0.05) is 70.4 Å². The number of ketones is 1. The lowest BCUT2D eigenvalue weighted by Crippen LogP contribution is -2.37. The molecule has 23 rings (SSSR count). The topological polar surface area (TPSA) is 237 Å². The maximum Gasteiger partial charge on any atom is 0.315 e. The molecule has 15 heterocycles. The van der Waals surface area contributed by atoms with Crippen molar-refractivity contribution in [3.8, 4) is 40.2 Å². The number of nitrogens with zero attached hydrogens (tertiary/aromatic N) is 1. The van der Waals surface area contributed by atoms with Crippen LogP contribution >= 0.6 is 23.5 Å². The predicted octanol–water partition coefficient (Wildman–Crippen LogP) is 12.2. The summed E-state index contributed by atoms with van der Waals surface area (Å²) in [5.41, 5.74) is 18.9. The number of ether oxygens (including phenoxy) is 9. The van der Waals surface area contributed by atoms with Crippen LogP contribution in [0.2, 0.25) is 0 Å². The number of fused-ring (bicyclic) bond motifs is 1. The summed E-state index contributed by atoms with van der Waals surface area (Å²) in [6.45, 7) is 20.1. The molecule has 0 aromatic heterocycles. The number of hydrogen-bond donors (Lipinski definition) is 4. The zero-order valence-corrected chi connectivity index (χ0v) is 65.0. The standard InChI is InChI=1S/C78H93N3O14S.C7H12N2OS/c1-8-10-11-13-75(83)79-15-18-87-20-21-88-19-16-80-76(84)14-17-81-77(85)46-74(78(81)86)96-73(12-9-2)65(82)47-95-72-45-64-38-62-43-70-51(6)31-56(62)36-61-42-68-52(7)32-57(61)37-63(64)44-71(72)94-27-26-93-69-41-60-35-54-29-49(4)67(90-24-25-92-70)39-58(54)33-53-28-48(3)66(89-22-23-91-68)40-59(53)34-55(60)30-50(69)5;1-2-5-6-4(3-11-5)8-7(10)9-6/h28-32,39-45,73-74H,8-27,33-38,46-47H2,1-7H3,(H,79,83)(H,80,84);4-6H,2-3H2,1H3,(H2,8,9,10). The average molecular weight is 1500 g/mol. The van der Waals surface area contributed by atoms with Crippen LogP contribution in [0.3, 0.4) is 0 Å². The van der Waals surface area contributed by atoms with Crippen molar-refractivity contribution >= 4 is 59.0 Å². The summed E-state index contributed by atoms with van der Waals surface area (Å²) in [5, 5.41) is 10.7. The molecule has 17 aliphatic rings. The minimum atomic E-state index is -0.793. The molecule has 3 fully saturated rings. The molecule has 107 heavy (non-hydrogen) atoms. The lowest BCUT2D eigenvalue weighted by molar-refractivity contribution is -0.138. The van der Waals surface area contributed by atoms with Crippen LogP contribution in [0, 0.1) is 34.6 Å². The number of amides is 6. The first-order valence-electron chi connectivity index (χ1n) is 38.5. The Morgan fingerprint density at radius 1 is 0.523 bits per heavy atom. The van der Waals surface area contributed by atoms with E-state index in [1.165, 1.54) is 45.1 Å². The molecule has 2 aliphatic carbocycles. The highest BCUT2D eigenvalue weighted by molar-refractivity contribution is 8.02. The number of thioether (sulfide) groups is 2. The lowest BCUT2D eigenvalue weighted by Gasteiger charge is -2.21. The Kier molecular flexibility index (Phi) is 27.1. The van der Waals surface area contributed by atoms with Gasteiger partial charge in [0.1, 0.15) is 75.0 Å². The van der Waals surface area contributed by atoms with Crippen molar-refractivity contribution in [3.05, 3.63) is 167 Å². The van der Waals surface area contributed by atoms with Gasteiger partial charge in [-0.15, -0.1) is 11.8 Å². The first-order valence-corrected chi connectivity index (χ1v) is 40.4. The number of rotatable bonds is 25. The largest absolute Gasteiger partial charge is 0.490 e. The van der Waals surface area contributed by atoms with Gasteiger partial charge in [-0.2, -0.15) is 11.8 Å². The van der Waals surface area contributed by atoms with Crippen LogP contribution in [-0.2, 0) is 72.0 Å². The summed E-state index contributed by atoms with van der Waals surface area (Å²) in [5.74, 6) is 4.63. The number of unbranched alkanes of at least 4 members (excludes halogenated alkanes) is 2. The highest BCUT2D eigenvalue weighted by atomic mass is 32.2. The molecule has 3 saturated heterocycles. The lowest BCUT2D eigenvalue weighted by atomic mass is 9.92. The quantitative estimate of drug-likeness (QED) is 0.0236. The average Bonchev–Trinajstić information content (AvgIpc) is 1.02. The molecule has 6 aromatic carbocycles. The number of carbonyl (C=O) groups is 6. The molecular weight excluding hydrogens is 1400 g/mol. The van der Waals surface area contributed by atoms with E-state index in [0.717, 1.165) is 133 Å². The zero-order valence-electron chi connectivity index (χ0n) is 63.4. The van der Waals surface area contributed by atoms with E-state index in [0.29, 0.717) is 133 Å². The van der Waals surface area contributed by atoms with E-state index in [9.17, 15) is 28.8 Å². The Balaban J connectivity index is 0.000000886. The molecular formula is C85H105N5O15S2. The van der Waals surface area contributed by atoms with Crippen molar-refractivity contribution < 1.29 is 71.4 Å². The molecule has 6 amide bonds. The molecule has 22 heteroatoms. The van der Waals surface area contributed by atoms with E-state index < -0.39 is 16.4 Å². The predicted molar refractivity (Wildman–Crippen MR) is 416 cm³/mol. The van der Waals surface area contributed by atoms with Gasteiger partial charge in [0, 0.05) is 49.9 Å². The van der Waals surface area contributed by atoms with Crippen molar-refractivity contribution in [1.29, 1.82) is 0 Å². The van der Waals surface area contributed by atoms with Crippen molar-refractivity contribution in [2.45, 2.75) is 180 Å². The van der Waals surface area contributed by atoms with Gasteiger partial charge in [-0.3, -0.25) is 28.9 Å². The number of carbonyl (C=O) groups excluding carboxylic acids is 6. The molecule has 18 bridgehead atoms. The molecule has 5 unspecified atom stereocenters. The Labute approximate surface area is 638 Å². The molecule has 4 N–H and O–H groups in total. The molecule has 20 nitrogen and oxygen atoms in total. The van der Waals surface area contributed by atoms with E-state index in [4.69, 9.17) is 42.6 Å². The molecule has 5 atom stereocenters. The van der Waals surface area contributed by atoms with Crippen LogP contribution in [0.5, 0.6) is 40.2 Å². The fourth-order valence-electron chi connectivity index (χ4n) is 15.2. The van der Waals surface area contributed by atoms with Crippen molar-refractivity contribution in [1.82, 2.24) is 26.2 Å². The molecule has 15 aliphatic heterocycles. The van der Waals surface area contributed by atoms with Gasteiger partial charge < -0.3 is 63.9 Å². The number of hydrogen-bond acceptors (Lipinski definition) is 17. The number of aryl methyl sites for hydroxylation is 5. The summed E-state index contributed by atoms with van der Waals surface area (Å²) in [6, 6.07) is 27.2. The van der Waals surface area contributed by atoms with Crippen LogP contribution in [0.1, 0.15) is 173 Å². The molecule has 0 saturated carbocycles. The Hall–Kier alpha value is -8.44. The van der Waals surface area contributed by atoms with Gasteiger partial charge >= 0.3 is 6.03 Å². The Bertz CT molecular complexity index is 4230. The summed E-state index contributed by atoms with van der Waals surface area (Å²) < 4.78 is 58.0. The molecule has 572 valence electrons. The van der Waals surface area contributed by atoms with Gasteiger partial charge in [-0.25, -0.2) is 4.79 Å². The van der Waals surface area contributed by atoms with Gasteiger partial charge in [0.05, 0.1) is 49.0 Å². The van der Waals surface area contributed by atoms with Gasteiger partial charge in [0.25, 0.3) is 0 Å². The van der Waals surface area contributed by atoms with E-state index in [2.05, 4.69) is 136 Å². The van der Waals surface area contributed by atoms with Gasteiger partial charge in [-0.05, 0) is 229 Å². The first-order chi connectivity index (χ1) is 51.9. The molecule has 0 spiro atoms. The normalized spacial score (nSPS) is 18.6. The number of imide groups is 1. The van der Waals surface area contributed by atoms with Crippen molar-refractivity contribution in [2.24, 2.45) is 0 Å². The first kappa shape index (κ1) is 78.2. The Morgan fingerprint density at radius 2 is 0.935 bits per heavy atom. The van der Waals surface area contributed by atoms with Gasteiger partial charge in [0.15, 0.2) is 17.3 Å². The summed E-state index contributed by atoms with van der Waals surface area (Å²) >= 11 is 3.15. The monoisotopic (exact) mass is 1500 g/mol. The van der Waals surface area contributed by atoms with Crippen molar-refractivity contribution in [3.63, 3.8) is 0 Å². The SMILES string of the molecule is CCC1SCC2NC(=O)NC21.CCCCCC(=O)NCCOCCOCCNC(=O)CCN1C(=O)CC(SC(CCC)C(=O)COc2cc3c4cc2OCCOc2cc5c(cc2C)Cc2cc6c(C)cc2Cc2cc(c(C)cc2C5)OCCOc2cc(c(cc2C)Cc2cc(c(C)cc2C4)OCCO6)C3)C1=O. The zero-order chi connectivity index (χ0) is 75.1. The fourth-order valence-corrected chi connectivity index (χ4v) is 18.2. The maximum absolute atomic E-state index is 14.6. The van der Waals surface area contributed by atoms with Crippen LogP contribution in [-0.4, -0.2) is 166 Å². The van der Waals surface area contributed by atoms with E-state index in [1.807, 2.05) is 24.8 Å². The van der Waals surface area contributed by atoms with Crippen molar-refractivity contribution in [2.75, 3.05) is 98.1 Å². The smallest absolute Gasteiger partial charge is 0.315 e. The summed E-state index contributed by atoms with van der Waals surface area (Å²) in [7, 11) is 0. The van der Waals surface area contributed by atoms with E-state index in [-0.39, 0.29) is 81.9 Å². The van der Waals surface area contributed by atoms with Crippen LogP contribution in [0.25, 0.3) is 0 Å². The van der Waals surface area contributed by atoms with E-state index >= 15 is 0 Å². The minimum Gasteiger partial charge on any atom is -0.490 e. The number of benzene rings is 6. The molecule has 0 radical (unpaired) electrons. The van der Waals surface area contributed by atoms with Crippen LogP contribution in [0.15, 0.2) is 72.8 Å². The number of likely N-dealkylation sites (tertiary alicyclic amines) is 1. The maximum atomic E-state index is 14.6. The highest BCUT2D eigenvalue weighted by Gasteiger charge is 2.43.